The Kier molecular flexibility index (Phi) is 5.13. The number of esters is 1. The van der Waals surface area contributed by atoms with Crippen LogP contribution in [0.15, 0.2) is 68.5 Å². The van der Waals surface area contributed by atoms with Crippen molar-refractivity contribution < 1.29 is 26.8 Å². The molecule has 156 valence electrons. The first kappa shape index (κ1) is 20.2. The zero-order valence-electron chi connectivity index (χ0n) is 16.7. The largest absolute Gasteiger partial charge is 0.468 e. The number of methoxy groups -OCH3 is 1. The fraction of sp³-hybridized carbons (Fsp3) is 0.227. The van der Waals surface area contributed by atoms with Gasteiger partial charge in [-0.2, -0.15) is 4.72 Å². The number of nitrogens with one attached hydrogen (secondary N) is 1. The van der Waals surface area contributed by atoms with Gasteiger partial charge in [0.05, 0.1) is 18.3 Å². The van der Waals surface area contributed by atoms with Crippen molar-refractivity contribution in [1.29, 1.82) is 0 Å². The third-order valence-corrected chi connectivity index (χ3v) is 6.40. The molecule has 0 saturated carbocycles. The van der Waals surface area contributed by atoms with Crippen LogP contribution < -0.4 is 4.72 Å². The lowest BCUT2D eigenvalue weighted by Crippen LogP contribution is -2.44. The van der Waals surface area contributed by atoms with Crippen molar-refractivity contribution in [3.05, 3.63) is 54.8 Å². The van der Waals surface area contributed by atoms with Crippen LogP contribution in [0.4, 0.5) is 0 Å². The highest BCUT2D eigenvalue weighted by Crippen LogP contribution is 2.33. The molecular weight excluding hydrogens is 406 g/mol. The molecule has 0 saturated heterocycles. The van der Waals surface area contributed by atoms with E-state index in [0.717, 1.165) is 10.9 Å². The molecule has 0 bridgehead atoms. The van der Waals surface area contributed by atoms with Crippen molar-refractivity contribution in [2.75, 3.05) is 7.11 Å². The molecule has 0 aliphatic rings. The van der Waals surface area contributed by atoms with Gasteiger partial charge in [-0.15, -0.1) is 0 Å². The van der Waals surface area contributed by atoms with Gasteiger partial charge >= 0.3 is 5.97 Å². The first-order chi connectivity index (χ1) is 14.3. The van der Waals surface area contributed by atoms with Gasteiger partial charge in [-0.1, -0.05) is 19.9 Å². The molecule has 1 N–H and O–H groups in total. The van der Waals surface area contributed by atoms with Crippen molar-refractivity contribution in [3.8, 4) is 11.3 Å². The molecule has 7 nitrogen and oxygen atoms in total. The molecule has 0 radical (unpaired) electrons. The van der Waals surface area contributed by atoms with Crippen LogP contribution in [0, 0.1) is 5.92 Å². The summed E-state index contributed by atoms with van der Waals surface area (Å²) in [4.78, 5) is 12.0. The van der Waals surface area contributed by atoms with Crippen LogP contribution in [-0.4, -0.2) is 27.5 Å². The van der Waals surface area contributed by atoms with E-state index in [1.54, 1.807) is 38.3 Å². The Hall–Kier alpha value is -3.10. The highest BCUT2D eigenvalue weighted by atomic mass is 32.2. The quantitative estimate of drug-likeness (QED) is 0.460. The maximum absolute atomic E-state index is 12.9. The minimum Gasteiger partial charge on any atom is -0.468 e. The van der Waals surface area contributed by atoms with E-state index < -0.39 is 22.0 Å². The Labute approximate surface area is 173 Å². The summed E-state index contributed by atoms with van der Waals surface area (Å²) in [6, 6.07) is 12.9. The third kappa shape index (κ3) is 3.59. The Morgan fingerprint density at radius 2 is 1.83 bits per heavy atom. The molecule has 4 rings (SSSR count). The van der Waals surface area contributed by atoms with Gasteiger partial charge in [-0.05, 0) is 48.4 Å². The van der Waals surface area contributed by atoms with Gasteiger partial charge in [-0.3, -0.25) is 4.79 Å². The summed E-state index contributed by atoms with van der Waals surface area (Å²) in [5.41, 5.74) is 2.05. The second kappa shape index (κ2) is 7.62. The summed E-state index contributed by atoms with van der Waals surface area (Å²) in [7, 11) is -2.72. The fourth-order valence-electron chi connectivity index (χ4n) is 3.34. The van der Waals surface area contributed by atoms with Crippen LogP contribution in [-0.2, 0) is 19.6 Å². The van der Waals surface area contributed by atoms with Crippen molar-refractivity contribution in [3.63, 3.8) is 0 Å². The second-order valence-corrected chi connectivity index (χ2v) is 9.03. The molecule has 0 fully saturated rings. The van der Waals surface area contributed by atoms with Crippen LogP contribution in [0.25, 0.3) is 33.3 Å². The summed E-state index contributed by atoms with van der Waals surface area (Å²) >= 11 is 0. The van der Waals surface area contributed by atoms with Gasteiger partial charge < -0.3 is 13.6 Å². The van der Waals surface area contributed by atoms with Gasteiger partial charge in [-0.25, -0.2) is 8.42 Å². The number of carbonyl (C=O) groups is 1. The first-order valence-corrected chi connectivity index (χ1v) is 10.9. The number of furan rings is 2. The Morgan fingerprint density at radius 1 is 1.03 bits per heavy atom. The van der Waals surface area contributed by atoms with E-state index in [2.05, 4.69) is 4.72 Å². The zero-order valence-corrected chi connectivity index (χ0v) is 17.5. The van der Waals surface area contributed by atoms with Crippen LogP contribution in [0.1, 0.15) is 13.8 Å². The number of sulfonamides is 1. The fourth-order valence-corrected chi connectivity index (χ4v) is 4.70. The Bertz CT molecular complexity index is 1320. The predicted molar refractivity (Wildman–Crippen MR) is 112 cm³/mol. The maximum atomic E-state index is 12.9. The monoisotopic (exact) mass is 427 g/mol. The van der Waals surface area contributed by atoms with Crippen molar-refractivity contribution in [2.24, 2.45) is 5.92 Å². The Balaban J connectivity index is 1.75. The number of fused-ring (bicyclic) bond motifs is 3. The van der Waals surface area contributed by atoms with Gasteiger partial charge in [0.15, 0.2) is 0 Å². The molecule has 8 heteroatoms. The van der Waals surface area contributed by atoms with Crippen LogP contribution in [0.2, 0.25) is 0 Å². The SMILES string of the molecule is COC(=O)C(NS(=O)(=O)c1ccc2oc3cc(-c4ccco4)ccc3c2c1)C(C)C. The van der Waals surface area contributed by atoms with Gasteiger partial charge in [0.2, 0.25) is 10.0 Å². The van der Waals surface area contributed by atoms with Crippen LogP contribution in [0.5, 0.6) is 0 Å². The first-order valence-electron chi connectivity index (χ1n) is 9.40. The average molecular weight is 427 g/mol. The zero-order chi connectivity index (χ0) is 21.5. The van der Waals surface area contributed by atoms with E-state index in [1.165, 1.54) is 13.2 Å². The summed E-state index contributed by atoms with van der Waals surface area (Å²) in [6.07, 6.45) is 1.60. The van der Waals surface area contributed by atoms with Crippen molar-refractivity contribution in [2.45, 2.75) is 24.8 Å². The number of carbonyl (C=O) groups excluding carboxylic acids is 1. The maximum Gasteiger partial charge on any atom is 0.324 e. The molecule has 2 aromatic heterocycles. The molecule has 0 amide bonds. The standard InChI is InChI=1S/C22H21NO6S/c1-13(2)21(22(24)27-3)23-30(25,26)15-7-9-19-17(12-15)16-8-6-14(11-20(16)29-19)18-5-4-10-28-18/h4-13,21,23H,1-3H3. The second-order valence-electron chi connectivity index (χ2n) is 7.31. The van der Waals surface area contributed by atoms with Crippen molar-refractivity contribution >= 4 is 37.9 Å². The summed E-state index contributed by atoms with van der Waals surface area (Å²) in [5, 5.41) is 1.45. The molecule has 0 aliphatic heterocycles. The molecule has 1 atom stereocenters. The molecular formula is C22H21NO6S. The van der Waals surface area contributed by atoms with Gasteiger partial charge in [0, 0.05) is 16.3 Å². The van der Waals surface area contributed by atoms with Crippen LogP contribution in [0.3, 0.4) is 0 Å². The lowest BCUT2D eigenvalue weighted by Gasteiger charge is -2.19. The lowest BCUT2D eigenvalue weighted by molar-refractivity contribution is -0.143. The van der Waals surface area contributed by atoms with Gasteiger partial charge in [0.1, 0.15) is 23.0 Å². The van der Waals surface area contributed by atoms with E-state index in [1.807, 2.05) is 24.3 Å². The molecule has 2 heterocycles. The molecule has 2 aromatic carbocycles. The minimum absolute atomic E-state index is 0.0439. The van der Waals surface area contributed by atoms with E-state index in [-0.39, 0.29) is 10.8 Å². The summed E-state index contributed by atoms with van der Waals surface area (Å²) < 4.78 is 44.3. The van der Waals surface area contributed by atoms with Crippen molar-refractivity contribution in [1.82, 2.24) is 4.72 Å². The molecule has 0 aliphatic carbocycles. The molecule has 1 unspecified atom stereocenters. The topological polar surface area (TPSA) is 98.8 Å². The number of benzene rings is 2. The number of ether oxygens (including phenoxy) is 1. The van der Waals surface area contributed by atoms with Gasteiger partial charge in [0.25, 0.3) is 0 Å². The number of hydrogen-bond donors (Lipinski definition) is 1. The molecule has 30 heavy (non-hydrogen) atoms. The summed E-state index contributed by atoms with van der Waals surface area (Å²) in [6.45, 7) is 3.49. The predicted octanol–water partition coefficient (Wildman–Crippen LogP) is 4.32. The average Bonchev–Trinajstić information content (AvgIpc) is 3.38. The summed E-state index contributed by atoms with van der Waals surface area (Å²) in [5.74, 6) is -0.188. The van der Waals surface area contributed by atoms with E-state index >= 15 is 0 Å². The number of hydrogen-bond acceptors (Lipinski definition) is 6. The van der Waals surface area contributed by atoms with E-state index in [4.69, 9.17) is 13.6 Å². The van der Waals surface area contributed by atoms with E-state index in [0.29, 0.717) is 22.3 Å². The Morgan fingerprint density at radius 3 is 2.50 bits per heavy atom. The van der Waals surface area contributed by atoms with Crippen LogP contribution >= 0.6 is 0 Å². The normalized spacial score (nSPS) is 13.2. The highest BCUT2D eigenvalue weighted by molar-refractivity contribution is 7.89. The minimum atomic E-state index is -3.95. The molecule has 4 aromatic rings. The third-order valence-electron chi connectivity index (χ3n) is 4.96. The smallest absolute Gasteiger partial charge is 0.324 e. The lowest BCUT2D eigenvalue weighted by atomic mass is 10.1. The van der Waals surface area contributed by atoms with E-state index in [9.17, 15) is 13.2 Å². The molecule has 0 spiro atoms. The number of rotatable bonds is 6. The highest BCUT2D eigenvalue weighted by Gasteiger charge is 2.29.